The molecule has 0 atom stereocenters. The molecule has 0 spiro atoms. The predicted molar refractivity (Wildman–Crippen MR) is 85.2 cm³/mol. The van der Waals surface area contributed by atoms with Gasteiger partial charge in [0, 0.05) is 3.57 Å². The van der Waals surface area contributed by atoms with Crippen LogP contribution in [0.2, 0.25) is 0 Å². The minimum Gasteiger partial charge on any atom is -0.462 e. The lowest BCUT2D eigenvalue weighted by molar-refractivity contribution is 0.0527. The molecule has 0 aliphatic heterocycles. The van der Waals surface area contributed by atoms with E-state index in [-0.39, 0.29) is 5.97 Å². The average molecular weight is 388 g/mol. The Morgan fingerprint density at radius 2 is 2.21 bits per heavy atom. The van der Waals surface area contributed by atoms with Crippen molar-refractivity contribution in [3.05, 3.63) is 39.1 Å². The Bertz CT molecular complexity index is 598. The first kappa shape index (κ1) is 14.3. The Morgan fingerprint density at radius 3 is 2.89 bits per heavy atom. The van der Waals surface area contributed by atoms with Crippen molar-refractivity contribution in [3.8, 4) is 0 Å². The number of aryl methyl sites for hydroxylation is 1. The van der Waals surface area contributed by atoms with E-state index < -0.39 is 0 Å². The van der Waals surface area contributed by atoms with E-state index in [4.69, 9.17) is 4.74 Å². The van der Waals surface area contributed by atoms with Gasteiger partial charge in [-0.2, -0.15) is 4.37 Å². The highest BCUT2D eigenvalue weighted by atomic mass is 127. The fraction of sp³-hybridized carbons (Fsp3) is 0.231. The van der Waals surface area contributed by atoms with Crippen LogP contribution in [-0.2, 0) is 4.74 Å². The molecule has 2 rings (SSSR count). The van der Waals surface area contributed by atoms with E-state index in [9.17, 15) is 4.79 Å². The number of aromatic nitrogens is 1. The molecular weight excluding hydrogens is 375 g/mol. The highest BCUT2D eigenvalue weighted by molar-refractivity contribution is 14.1. The molecule has 0 unspecified atom stereocenters. The zero-order valence-electron chi connectivity index (χ0n) is 10.6. The quantitative estimate of drug-likeness (QED) is 0.636. The van der Waals surface area contributed by atoms with Gasteiger partial charge in [0.2, 0.25) is 0 Å². The zero-order chi connectivity index (χ0) is 13.8. The van der Waals surface area contributed by atoms with E-state index in [0.717, 1.165) is 14.3 Å². The molecule has 0 radical (unpaired) electrons. The number of para-hydroxylation sites is 1. The summed E-state index contributed by atoms with van der Waals surface area (Å²) in [5.74, 6) is -0.331. The summed E-state index contributed by atoms with van der Waals surface area (Å²) >= 11 is 3.51. The van der Waals surface area contributed by atoms with E-state index in [0.29, 0.717) is 17.9 Å². The second-order valence-electron chi connectivity index (χ2n) is 3.80. The lowest BCUT2D eigenvalue weighted by atomic mass is 10.2. The number of nitrogens with zero attached hydrogens (tertiary/aromatic N) is 1. The summed E-state index contributed by atoms with van der Waals surface area (Å²) in [4.78, 5) is 11.9. The van der Waals surface area contributed by atoms with Crippen molar-refractivity contribution in [2.45, 2.75) is 13.8 Å². The van der Waals surface area contributed by atoms with Gasteiger partial charge < -0.3 is 10.1 Å². The van der Waals surface area contributed by atoms with E-state index >= 15 is 0 Å². The summed E-state index contributed by atoms with van der Waals surface area (Å²) in [6.45, 7) is 3.96. The fourth-order valence-electron chi connectivity index (χ4n) is 1.58. The molecule has 0 aliphatic rings. The molecule has 2 aromatic rings. The number of benzene rings is 1. The number of hydrogen-bond acceptors (Lipinski definition) is 5. The van der Waals surface area contributed by atoms with Gasteiger partial charge in [0.15, 0.2) is 0 Å². The predicted octanol–water partition coefficient (Wildman–Crippen LogP) is 3.98. The molecule has 6 heteroatoms. The van der Waals surface area contributed by atoms with Crippen LogP contribution in [0.3, 0.4) is 0 Å². The molecule has 0 saturated carbocycles. The van der Waals surface area contributed by atoms with Gasteiger partial charge in [-0.1, -0.05) is 12.1 Å². The molecule has 0 saturated heterocycles. The average Bonchev–Trinajstić information content (AvgIpc) is 2.74. The molecule has 100 valence electrons. The molecule has 1 heterocycles. The van der Waals surface area contributed by atoms with Gasteiger partial charge in [-0.3, -0.25) is 0 Å². The molecule has 0 fully saturated rings. The van der Waals surface area contributed by atoms with Crippen molar-refractivity contribution >= 4 is 50.8 Å². The van der Waals surface area contributed by atoms with Crippen LogP contribution in [0.15, 0.2) is 24.3 Å². The van der Waals surface area contributed by atoms with Crippen molar-refractivity contribution in [3.63, 3.8) is 0 Å². The summed E-state index contributed by atoms with van der Waals surface area (Å²) in [6, 6.07) is 7.88. The number of esters is 1. The SMILES string of the molecule is CCOC(=O)c1c(C)nsc1Nc1ccccc1I. The summed E-state index contributed by atoms with van der Waals surface area (Å²) < 4.78 is 10.4. The maximum absolute atomic E-state index is 11.9. The monoisotopic (exact) mass is 388 g/mol. The van der Waals surface area contributed by atoms with Gasteiger partial charge in [0.05, 0.1) is 18.0 Å². The number of carbonyl (C=O) groups is 1. The number of hydrogen-bond donors (Lipinski definition) is 1. The Balaban J connectivity index is 2.31. The first-order chi connectivity index (χ1) is 9.13. The highest BCUT2D eigenvalue weighted by Crippen LogP contribution is 2.30. The van der Waals surface area contributed by atoms with Crippen LogP contribution < -0.4 is 5.32 Å². The van der Waals surface area contributed by atoms with Crippen LogP contribution >= 0.6 is 34.1 Å². The summed E-state index contributed by atoms with van der Waals surface area (Å²) in [6.07, 6.45) is 0. The number of ether oxygens (including phenoxy) is 1. The first-order valence-electron chi connectivity index (χ1n) is 5.78. The molecule has 1 N–H and O–H groups in total. The number of rotatable bonds is 4. The van der Waals surface area contributed by atoms with Crippen LogP contribution in [0.4, 0.5) is 10.7 Å². The van der Waals surface area contributed by atoms with Gasteiger partial charge >= 0.3 is 5.97 Å². The van der Waals surface area contributed by atoms with Crippen LogP contribution in [0.1, 0.15) is 23.0 Å². The van der Waals surface area contributed by atoms with E-state index in [1.54, 1.807) is 6.92 Å². The molecule has 0 aliphatic carbocycles. The molecule has 0 amide bonds. The van der Waals surface area contributed by atoms with Gasteiger partial charge in [0.1, 0.15) is 10.6 Å². The zero-order valence-corrected chi connectivity index (χ0v) is 13.5. The summed E-state index contributed by atoms with van der Waals surface area (Å²) in [7, 11) is 0. The van der Waals surface area contributed by atoms with E-state index in [1.165, 1.54) is 11.5 Å². The van der Waals surface area contributed by atoms with Crippen LogP contribution in [0.5, 0.6) is 0 Å². The third kappa shape index (κ3) is 3.24. The van der Waals surface area contributed by atoms with Crippen molar-refractivity contribution in [2.75, 3.05) is 11.9 Å². The number of nitrogens with one attached hydrogen (secondary N) is 1. The van der Waals surface area contributed by atoms with Gasteiger partial charge in [-0.05, 0) is 60.1 Å². The Morgan fingerprint density at radius 1 is 1.47 bits per heavy atom. The Labute approximate surface area is 129 Å². The lowest BCUT2D eigenvalue weighted by Gasteiger charge is -2.08. The molecule has 0 bridgehead atoms. The summed E-state index contributed by atoms with van der Waals surface area (Å²) in [5, 5.41) is 3.97. The number of anilines is 2. The maximum atomic E-state index is 11.9. The second-order valence-corrected chi connectivity index (χ2v) is 5.73. The normalized spacial score (nSPS) is 10.3. The second kappa shape index (κ2) is 6.33. The standard InChI is InChI=1S/C13H13IN2O2S/c1-3-18-13(17)11-8(2)16-19-12(11)15-10-7-5-4-6-9(10)14/h4-7,15H,3H2,1-2H3. The smallest absolute Gasteiger partial charge is 0.343 e. The van der Waals surface area contributed by atoms with E-state index in [1.807, 2.05) is 31.2 Å². The Hall–Kier alpha value is -1.15. The minimum atomic E-state index is -0.331. The molecule has 4 nitrogen and oxygen atoms in total. The lowest BCUT2D eigenvalue weighted by Crippen LogP contribution is -2.07. The van der Waals surface area contributed by atoms with Crippen molar-refractivity contribution in [1.82, 2.24) is 4.37 Å². The van der Waals surface area contributed by atoms with Crippen LogP contribution in [0.25, 0.3) is 0 Å². The number of carbonyl (C=O) groups excluding carboxylic acids is 1. The first-order valence-corrected chi connectivity index (χ1v) is 7.63. The Kier molecular flexibility index (Phi) is 4.76. The topological polar surface area (TPSA) is 51.2 Å². The largest absolute Gasteiger partial charge is 0.462 e. The van der Waals surface area contributed by atoms with Crippen molar-refractivity contribution < 1.29 is 9.53 Å². The fourth-order valence-corrected chi connectivity index (χ4v) is 2.90. The maximum Gasteiger partial charge on any atom is 0.343 e. The van der Waals surface area contributed by atoms with E-state index in [2.05, 4.69) is 32.3 Å². The van der Waals surface area contributed by atoms with Gasteiger partial charge in [0.25, 0.3) is 0 Å². The molecule has 1 aromatic heterocycles. The third-order valence-electron chi connectivity index (χ3n) is 2.46. The third-order valence-corrected chi connectivity index (χ3v) is 4.26. The molecule has 1 aromatic carbocycles. The van der Waals surface area contributed by atoms with Crippen LogP contribution in [0, 0.1) is 10.5 Å². The molecular formula is C13H13IN2O2S. The summed E-state index contributed by atoms with van der Waals surface area (Å²) in [5.41, 5.74) is 2.17. The van der Waals surface area contributed by atoms with Crippen molar-refractivity contribution in [1.29, 1.82) is 0 Å². The van der Waals surface area contributed by atoms with Crippen molar-refractivity contribution in [2.24, 2.45) is 0 Å². The van der Waals surface area contributed by atoms with Gasteiger partial charge in [-0.25, -0.2) is 4.79 Å². The number of halogens is 1. The van der Waals surface area contributed by atoms with Gasteiger partial charge in [-0.15, -0.1) is 0 Å². The molecule has 19 heavy (non-hydrogen) atoms. The minimum absolute atomic E-state index is 0.331. The highest BCUT2D eigenvalue weighted by Gasteiger charge is 2.20. The van der Waals surface area contributed by atoms with Crippen LogP contribution in [-0.4, -0.2) is 16.9 Å².